The van der Waals surface area contributed by atoms with Crippen molar-refractivity contribution in [3.05, 3.63) is 43.9 Å². The average molecular weight is 369 g/mol. The molecule has 1 rings (SSSR count). The summed E-state index contributed by atoms with van der Waals surface area (Å²) < 4.78 is 2.59. The molecule has 0 nitrogen and oxygen atoms in total. The lowest BCUT2D eigenvalue weighted by atomic mass is 10.2. The lowest BCUT2D eigenvalue weighted by Crippen LogP contribution is -1.79. The largest absolute Gasteiger partial charge is 0.0836 e. The molecule has 0 heterocycles. The van der Waals surface area contributed by atoms with Crippen molar-refractivity contribution in [2.75, 3.05) is 0 Å². The van der Waals surface area contributed by atoms with Crippen molar-refractivity contribution in [3.8, 4) is 0 Å². The molecule has 1 radical (unpaired) electrons. The van der Waals surface area contributed by atoms with E-state index in [0.29, 0.717) is 0 Å². The molecule has 11 heavy (non-hydrogen) atoms. The van der Waals surface area contributed by atoms with E-state index in [9.17, 15) is 0 Å². The highest BCUT2D eigenvalue weighted by Gasteiger charge is 1.94. The fraction of sp³-hybridized carbons (Fsp3) is 0. The molecule has 57 valence electrons. The van der Waals surface area contributed by atoms with Gasteiger partial charge in [0.25, 0.3) is 0 Å². The summed E-state index contributed by atoms with van der Waals surface area (Å²) in [6.45, 7) is 3.65. The molecule has 0 unspecified atom stereocenters. The summed E-state index contributed by atoms with van der Waals surface area (Å²) in [5.41, 5.74) is 1.21. The molecule has 0 saturated heterocycles. The van der Waals surface area contributed by atoms with Crippen molar-refractivity contribution in [1.29, 1.82) is 0 Å². The molecule has 0 bridgehead atoms. The molecule has 2 heteroatoms. The molecule has 0 aliphatic rings. The Balaban J connectivity index is 3.05. The van der Waals surface area contributed by atoms with Crippen molar-refractivity contribution < 1.29 is 0 Å². The summed E-state index contributed by atoms with van der Waals surface area (Å²) in [7, 11) is 0. The van der Waals surface area contributed by atoms with Gasteiger partial charge in [0.1, 0.15) is 0 Å². The number of hydrogen-bond donors (Lipinski definition) is 0. The topological polar surface area (TPSA) is 0 Å². The SMILES string of the molecule is [CH2]/C=C/c1ccc(I)c(I)c1. The first-order valence-electron chi connectivity index (χ1n) is 3.15. The van der Waals surface area contributed by atoms with Crippen LogP contribution in [-0.4, -0.2) is 0 Å². The van der Waals surface area contributed by atoms with Crippen LogP contribution in [0.3, 0.4) is 0 Å². The molecule has 0 N–H and O–H groups in total. The van der Waals surface area contributed by atoms with Crippen LogP contribution in [0.1, 0.15) is 5.56 Å². The van der Waals surface area contributed by atoms with Gasteiger partial charge >= 0.3 is 0 Å². The Morgan fingerprint density at radius 1 is 1.18 bits per heavy atom. The standard InChI is InChI=1S/C9H7I2/c1-2-3-7-4-5-8(10)9(11)6-7/h2-6H,1H2/b3-2+. The third-order valence-electron chi connectivity index (χ3n) is 1.25. The van der Waals surface area contributed by atoms with Crippen LogP contribution >= 0.6 is 45.2 Å². The maximum absolute atomic E-state index is 3.65. The van der Waals surface area contributed by atoms with Crippen LogP contribution in [0.25, 0.3) is 6.08 Å². The van der Waals surface area contributed by atoms with E-state index >= 15 is 0 Å². The van der Waals surface area contributed by atoms with Gasteiger partial charge in [0.05, 0.1) is 0 Å². The van der Waals surface area contributed by atoms with Crippen LogP contribution in [0.4, 0.5) is 0 Å². The van der Waals surface area contributed by atoms with Gasteiger partial charge in [0, 0.05) is 7.14 Å². The third kappa shape index (κ3) is 2.74. The molecule has 0 atom stereocenters. The van der Waals surface area contributed by atoms with Crippen LogP contribution in [0.5, 0.6) is 0 Å². The molecule has 0 spiro atoms. The highest BCUT2D eigenvalue weighted by Crippen LogP contribution is 2.16. The second-order valence-corrected chi connectivity index (χ2v) is 4.40. The number of rotatable bonds is 1. The van der Waals surface area contributed by atoms with Gasteiger partial charge < -0.3 is 0 Å². The smallest absolute Gasteiger partial charge is 0.0269 e. The van der Waals surface area contributed by atoms with Crippen LogP contribution in [0.15, 0.2) is 24.3 Å². The minimum Gasteiger partial charge on any atom is -0.0836 e. The van der Waals surface area contributed by atoms with E-state index in [2.05, 4.69) is 70.3 Å². The third-order valence-corrected chi connectivity index (χ3v) is 4.12. The second kappa shape index (κ2) is 4.45. The Bertz CT molecular complexity index is 277. The fourth-order valence-corrected chi connectivity index (χ4v) is 1.63. The Kier molecular flexibility index (Phi) is 3.84. The van der Waals surface area contributed by atoms with Gasteiger partial charge in [-0.1, -0.05) is 18.2 Å². The molecular formula is C9H7I2. The highest BCUT2D eigenvalue weighted by atomic mass is 127. The first kappa shape index (κ1) is 9.51. The monoisotopic (exact) mass is 369 g/mol. The molecule has 0 amide bonds. The van der Waals surface area contributed by atoms with E-state index in [-0.39, 0.29) is 0 Å². The highest BCUT2D eigenvalue weighted by molar-refractivity contribution is 14.1. The Morgan fingerprint density at radius 3 is 2.45 bits per heavy atom. The minimum atomic E-state index is 1.21. The summed E-state index contributed by atoms with van der Waals surface area (Å²) in [5, 5.41) is 0. The molecule has 0 aliphatic heterocycles. The van der Waals surface area contributed by atoms with E-state index < -0.39 is 0 Å². The first-order valence-corrected chi connectivity index (χ1v) is 5.30. The number of benzene rings is 1. The fourth-order valence-electron chi connectivity index (χ4n) is 0.752. The van der Waals surface area contributed by atoms with E-state index in [0.717, 1.165) is 0 Å². The summed E-state index contributed by atoms with van der Waals surface area (Å²) in [6, 6.07) is 6.34. The lowest BCUT2D eigenvalue weighted by molar-refractivity contribution is 1.55. The number of hydrogen-bond acceptors (Lipinski definition) is 0. The van der Waals surface area contributed by atoms with Gasteiger partial charge in [-0.15, -0.1) is 0 Å². The predicted molar refractivity (Wildman–Crippen MR) is 66.3 cm³/mol. The quantitative estimate of drug-likeness (QED) is 0.662. The van der Waals surface area contributed by atoms with Crippen molar-refractivity contribution in [2.45, 2.75) is 0 Å². The first-order chi connectivity index (χ1) is 5.24. The van der Waals surface area contributed by atoms with Gasteiger partial charge in [-0.3, -0.25) is 0 Å². The Labute approximate surface area is 94.4 Å². The molecule has 0 saturated carbocycles. The van der Waals surface area contributed by atoms with E-state index in [1.807, 2.05) is 6.08 Å². The summed E-state index contributed by atoms with van der Waals surface area (Å²) >= 11 is 4.65. The van der Waals surface area contributed by atoms with E-state index in [1.165, 1.54) is 12.7 Å². The zero-order valence-corrected chi connectivity index (χ0v) is 10.2. The molecule has 0 fully saturated rings. The van der Waals surface area contributed by atoms with Gasteiger partial charge in [-0.2, -0.15) is 0 Å². The minimum absolute atomic E-state index is 1.21. The van der Waals surface area contributed by atoms with Gasteiger partial charge in [-0.25, -0.2) is 0 Å². The maximum Gasteiger partial charge on any atom is 0.0269 e. The average Bonchev–Trinajstić information content (AvgIpc) is 1.98. The van der Waals surface area contributed by atoms with Crippen LogP contribution in [0, 0.1) is 14.1 Å². The molecule has 0 aromatic heterocycles. The predicted octanol–water partition coefficient (Wildman–Crippen LogP) is 3.74. The second-order valence-electron chi connectivity index (χ2n) is 2.08. The van der Waals surface area contributed by atoms with Gasteiger partial charge in [0.2, 0.25) is 0 Å². The Hall–Kier alpha value is 0.420. The lowest BCUT2D eigenvalue weighted by Gasteiger charge is -1.96. The molecular weight excluding hydrogens is 362 g/mol. The summed E-state index contributed by atoms with van der Waals surface area (Å²) in [4.78, 5) is 0. The van der Waals surface area contributed by atoms with Crippen LogP contribution in [0.2, 0.25) is 0 Å². The van der Waals surface area contributed by atoms with Gasteiger partial charge in [0.15, 0.2) is 0 Å². The summed E-state index contributed by atoms with van der Waals surface area (Å²) in [6.07, 6.45) is 3.80. The Morgan fingerprint density at radius 2 is 1.91 bits per heavy atom. The van der Waals surface area contributed by atoms with Crippen LogP contribution < -0.4 is 0 Å². The normalized spacial score (nSPS) is 10.8. The number of allylic oxidation sites excluding steroid dienone is 1. The zero-order valence-electron chi connectivity index (χ0n) is 5.85. The summed E-state index contributed by atoms with van der Waals surface area (Å²) in [5.74, 6) is 0. The van der Waals surface area contributed by atoms with Crippen molar-refractivity contribution >= 4 is 51.3 Å². The van der Waals surface area contributed by atoms with Crippen molar-refractivity contribution in [3.63, 3.8) is 0 Å². The van der Waals surface area contributed by atoms with Crippen LogP contribution in [-0.2, 0) is 0 Å². The van der Waals surface area contributed by atoms with Gasteiger partial charge in [-0.05, 0) is 69.8 Å². The molecule has 0 aliphatic carbocycles. The van der Waals surface area contributed by atoms with E-state index in [1.54, 1.807) is 6.08 Å². The molecule has 1 aromatic carbocycles. The van der Waals surface area contributed by atoms with Crippen molar-refractivity contribution in [1.82, 2.24) is 0 Å². The van der Waals surface area contributed by atoms with E-state index in [4.69, 9.17) is 0 Å². The number of halogens is 2. The zero-order chi connectivity index (χ0) is 8.27. The maximum atomic E-state index is 3.65. The molecule has 1 aromatic rings. The van der Waals surface area contributed by atoms with Crippen molar-refractivity contribution in [2.24, 2.45) is 0 Å².